The van der Waals surface area contributed by atoms with Gasteiger partial charge < -0.3 is 0 Å². The van der Waals surface area contributed by atoms with Crippen LogP contribution in [0, 0.1) is 0 Å². The van der Waals surface area contributed by atoms with Crippen LogP contribution in [0.1, 0.15) is 45.3 Å². The van der Waals surface area contributed by atoms with Crippen LogP contribution in [0.4, 0.5) is 0 Å². The minimum Gasteiger partial charge on any atom is -0.293 e. The van der Waals surface area contributed by atoms with E-state index in [4.69, 9.17) is 0 Å². The molecule has 25 heavy (non-hydrogen) atoms. The Hall–Kier alpha value is -2.93. The highest BCUT2D eigenvalue weighted by atomic mass is 16.1. The highest BCUT2D eigenvalue weighted by molar-refractivity contribution is 6.20. The predicted molar refractivity (Wildman–Crippen MR) is 100 cm³/mol. The number of carbonyl (C=O) groups excluding carboxylic acids is 1. The van der Waals surface area contributed by atoms with Gasteiger partial charge in [-0.3, -0.25) is 4.79 Å². The van der Waals surface area contributed by atoms with Crippen LogP contribution in [0.5, 0.6) is 0 Å². The summed E-state index contributed by atoms with van der Waals surface area (Å²) in [4.78, 5) is 13.2. The first kappa shape index (κ1) is 13.4. The lowest BCUT2D eigenvalue weighted by molar-refractivity contribution is 0.0978. The molecule has 0 saturated carbocycles. The van der Waals surface area contributed by atoms with Crippen LogP contribution in [0.3, 0.4) is 0 Å². The number of rotatable bonds is 1. The normalized spacial score (nSPS) is 22.8. The third-order valence-corrected chi connectivity index (χ3v) is 6.05. The lowest BCUT2D eigenvalue weighted by atomic mass is 9.71. The number of Topliss-reactive ketones (excluding diaryl/α,β-unsaturated/α-hetero) is 1. The topological polar surface area (TPSA) is 17.1 Å². The van der Waals surface area contributed by atoms with E-state index in [0.717, 1.165) is 12.0 Å². The van der Waals surface area contributed by atoms with Gasteiger partial charge >= 0.3 is 0 Å². The first-order chi connectivity index (χ1) is 12.3. The number of hydrogen-bond acceptors (Lipinski definition) is 1. The van der Waals surface area contributed by atoms with E-state index in [2.05, 4.69) is 60.7 Å². The van der Waals surface area contributed by atoms with Crippen LogP contribution in [0.2, 0.25) is 0 Å². The molecule has 0 heterocycles. The number of allylic oxidation sites excluding steroid dienone is 4. The Labute approximate surface area is 146 Å². The number of hydrogen-bond donors (Lipinski definition) is 0. The van der Waals surface area contributed by atoms with E-state index >= 15 is 0 Å². The molecule has 0 saturated heterocycles. The highest BCUT2D eigenvalue weighted by Gasteiger charge is 2.44. The van der Waals surface area contributed by atoms with Crippen molar-refractivity contribution in [3.8, 4) is 0 Å². The summed E-state index contributed by atoms with van der Waals surface area (Å²) >= 11 is 0. The molecule has 0 aromatic heterocycles. The minimum atomic E-state index is -0.0685. The van der Waals surface area contributed by atoms with Gasteiger partial charge in [0.05, 0.1) is 5.92 Å². The lowest BCUT2D eigenvalue weighted by Gasteiger charge is -2.31. The van der Waals surface area contributed by atoms with E-state index in [1.807, 2.05) is 12.1 Å². The van der Waals surface area contributed by atoms with E-state index in [1.54, 1.807) is 0 Å². The van der Waals surface area contributed by atoms with E-state index in [0.29, 0.717) is 0 Å². The summed E-state index contributed by atoms with van der Waals surface area (Å²) in [6, 6.07) is 21.3. The van der Waals surface area contributed by atoms with Crippen molar-refractivity contribution < 1.29 is 4.79 Å². The van der Waals surface area contributed by atoms with Gasteiger partial charge in [-0.2, -0.15) is 0 Å². The summed E-state index contributed by atoms with van der Waals surface area (Å²) in [6.45, 7) is 0. The van der Waals surface area contributed by atoms with Crippen LogP contribution in [0.15, 0.2) is 84.0 Å². The van der Waals surface area contributed by atoms with Crippen molar-refractivity contribution in [2.24, 2.45) is 0 Å². The molecule has 3 aromatic carbocycles. The van der Waals surface area contributed by atoms with Crippen LogP contribution >= 0.6 is 0 Å². The molecule has 2 atom stereocenters. The van der Waals surface area contributed by atoms with Crippen molar-refractivity contribution in [3.63, 3.8) is 0 Å². The highest BCUT2D eigenvalue weighted by Crippen LogP contribution is 2.55. The quantitative estimate of drug-likeness (QED) is 0.577. The van der Waals surface area contributed by atoms with Gasteiger partial charge in [0.1, 0.15) is 0 Å². The van der Waals surface area contributed by atoms with Crippen LogP contribution in [0.25, 0.3) is 10.8 Å². The Kier molecular flexibility index (Phi) is 2.45. The van der Waals surface area contributed by atoms with Crippen molar-refractivity contribution in [1.82, 2.24) is 0 Å². The van der Waals surface area contributed by atoms with Crippen molar-refractivity contribution >= 4 is 16.6 Å². The number of carbonyl (C=O) groups is 1. The molecule has 1 nitrogen and oxygen atoms in total. The molecule has 0 N–H and O–H groups in total. The molecular formula is C24H16O. The van der Waals surface area contributed by atoms with Gasteiger partial charge in [0.15, 0.2) is 5.78 Å². The van der Waals surface area contributed by atoms with Gasteiger partial charge in [-0.1, -0.05) is 72.8 Å². The largest absolute Gasteiger partial charge is 0.293 e. The van der Waals surface area contributed by atoms with E-state index in [1.165, 1.54) is 38.6 Å². The van der Waals surface area contributed by atoms with Gasteiger partial charge in [-0.15, -0.1) is 0 Å². The number of ketones is 1. The molecule has 0 amide bonds. The Morgan fingerprint density at radius 3 is 2.60 bits per heavy atom. The Morgan fingerprint density at radius 2 is 1.72 bits per heavy atom. The molecule has 6 rings (SSSR count). The molecule has 3 aliphatic rings. The van der Waals surface area contributed by atoms with Gasteiger partial charge in [-0.25, -0.2) is 0 Å². The molecule has 3 aromatic rings. The molecular weight excluding hydrogens is 304 g/mol. The van der Waals surface area contributed by atoms with Gasteiger partial charge in [0, 0.05) is 11.5 Å². The molecule has 1 heteroatoms. The fraction of sp³-hybridized carbons (Fsp3) is 0.125. The van der Waals surface area contributed by atoms with Crippen LogP contribution in [-0.4, -0.2) is 5.78 Å². The van der Waals surface area contributed by atoms with Crippen LogP contribution < -0.4 is 0 Å². The Morgan fingerprint density at radius 1 is 0.840 bits per heavy atom. The Balaban J connectivity index is 1.75. The smallest absolute Gasteiger partial charge is 0.175 e. The summed E-state index contributed by atoms with van der Waals surface area (Å²) in [5, 5.41) is 2.38. The maximum Gasteiger partial charge on any atom is 0.175 e. The first-order valence-electron chi connectivity index (χ1n) is 8.89. The molecule has 2 unspecified atom stereocenters. The van der Waals surface area contributed by atoms with Gasteiger partial charge in [-0.05, 0) is 45.0 Å². The minimum absolute atomic E-state index is 0.0685. The summed E-state index contributed by atoms with van der Waals surface area (Å²) in [5.74, 6) is 0.460. The molecule has 0 aliphatic heterocycles. The Bertz CT molecular complexity index is 1130. The number of benzene rings is 3. The number of fused-ring (bicyclic) bond motifs is 1. The van der Waals surface area contributed by atoms with Crippen molar-refractivity contribution in [1.29, 1.82) is 0 Å². The second-order valence-electron chi connectivity index (χ2n) is 7.20. The monoisotopic (exact) mass is 320 g/mol. The standard InChI is InChI=1S/C24H16O/c25-24-19-11-4-8-15-12-13-18-20(14-6-2-1-3-7-14)16-9-5-10-17(16)23(24)22(18)21(15)19/h1-9,11-13,20,23H,10H2. The fourth-order valence-corrected chi connectivity index (χ4v) is 5.09. The van der Waals surface area contributed by atoms with Crippen molar-refractivity contribution in [2.45, 2.75) is 18.3 Å². The lowest BCUT2D eigenvalue weighted by Crippen LogP contribution is -2.20. The van der Waals surface area contributed by atoms with Crippen LogP contribution in [-0.2, 0) is 0 Å². The SMILES string of the molecule is O=C1c2cccc3ccc4c(c23)C1C1=C(C=CC1)C4c1ccccc1. The summed E-state index contributed by atoms with van der Waals surface area (Å²) in [5.41, 5.74) is 7.46. The molecule has 0 bridgehead atoms. The zero-order valence-corrected chi connectivity index (χ0v) is 13.7. The van der Waals surface area contributed by atoms with E-state index in [-0.39, 0.29) is 17.6 Å². The third-order valence-electron chi connectivity index (χ3n) is 6.05. The van der Waals surface area contributed by atoms with E-state index in [9.17, 15) is 4.79 Å². The fourth-order valence-electron chi connectivity index (χ4n) is 5.09. The summed E-state index contributed by atoms with van der Waals surface area (Å²) in [6.07, 6.45) is 5.37. The second kappa shape index (κ2) is 4.58. The summed E-state index contributed by atoms with van der Waals surface area (Å²) in [7, 11) is 0. The van der Waals surface area contributed by atoms with Crippen molar-refractivity contribution in [3.05, 3.63) is 106 Å². The second-order valence-corrected chi connectivity index (χ2v) is 7.20. The zero-order valence-electron chi connectivity index (χ0n) is 13.7. The third kappa shape index (κ3) is 1.56. The average Bonchev–Trinajstić information content (AvgIpc) is 3.24. The molecule has 0 radical (unpaired) electrons. The van der Waals surface area contributed by atoms with Gasteiger partial charge in [0.25, 0.3) is 0 Å². The first-order valence-corrected chi connectivity index (χ1v) is 8.89. The molecule has 3 aliphatic carbocycles. The van der Waals surface area contributed by atoms with Gasteiger partial charge in [0.2, 0.25) is 0 Å². The molecule has 0 fully saturated rings. The van der Waals surface area contributed by atoms with Crippen molar-refractivity contribution in [2.75, 3.05) is 0 Å². The molecule has 118 valence electrons. The molecule has 0 spiro atoms. The predicted octanol–water partition coefficient (Wildman–Crippen LogP) is 5.52. The average molecular weight is 320 g/mol. The maximum absolute atomic E-state index is 13.2. The van der Waals surface area contributed by atoms with E-state index < -0.39 is 0 Å². The zero-order chi connectivity index (χ0) is 16.5. The summed E-state index contributed by atoms with van der Waals surface area (Å²) < 4.78 is 0. The maximum atomic E-state index is 13.2.